The molecule has 1 rings (SSSR count). The van der Waals surface area contributed by atoms with E-state index in [4.69, 9.17) is 4.74 Å². The van der Waals surface area contributed by atoms with Crippen molar-refractivity contribution in [2.75, 3.05) is 13.1 Å². The lowest BCUT2D eigenvalue weighted by Crippen LogP contribution is -2.63. The van der Waals surface area contributed by atoms with Crippen molar-refractivity contribution in [2.24, 2.45) is 0 Å². The summed E-state index contributed by atoms with van der Waals surface area (Å²) >= 11 is 0. The van der Waals surface area contributed by atoms with Crippen molar-refractivity contribution < 1.29 is 22.7 Å². The maximum Gasteiger partial charge on any atom is 0.411 e. The van der Waals surface area contributed by atoms with E-state index in [1.807, 2.05) is 5.32 Å². The number of ether oxygens (including phenoxy) is 1. The number of hydrogen-bond acceptors (Lipinski definition) is 3. The monoisotopic (exact) mass is 268 g/mol. The molecule has 1 fully saturated rings. The van der Waals surface area contributed by atoms with E-state index in [0.717, 1.165) is 0 Å². The Kier molecular flexibility index (Phi) is 4.15. The van der Waals surface area contributed by atoms with Crippen molar-refractivity contribution in [2.45, 2.75) is 50.9 Å². The number of halogens is 3. The first-order valence-electron chi connectivity index (χ1n) is 5.84. The van der Waals surface area contributed by atoms with Gasteiger partial charge in [0.1, 0.15) is 11.1 Å². The van der Waals surface area contributed by atoms with Gasteiger partial charge in [-0.25, -0.2) is 4.79 Å². The lowest BCUT2D eigenvalue weighted by molar-refractivity contribution is -0.202. The molecule has 2 N–H and O–H groups in total. The second-order valence-electron chi connectivity index (χ2n) is 5.46. The molecule has 1 aliphatic heterocycles. The fraction of sp³-hybridized carbons (Fsp3) is 0.909. The van der Waals surface area contributed by atoms with Crippen LogP contribution >= 0.6 is 0 Å². The average Bonchev–Trinajstić information content (AvgIpc) is 2.13. The molecule has 1 amide bonds. The van der Waals surface area contributed by atoms with E-state index in [1.165, 1.54) is 0 Å². The molecule has 0 bridgehead atoms. The summed E-state index contributed by atoms with van der Waals surface area (Å²) in [6.45, 7) is 5.25. The number of hydrogen-bond donors (Lipinski definition) is 2. The van der Waals surface area contributed by atoms with E-state index in [-0.39, 0.29) is 25.9 Å². The molecule has 18 heavy (non-hydrogen) atoms. The quantitative estimate of drug-likeness (QED) is 0.766. The number of piperidine rings is 1. The van der Waals surface area contributed by atoms with Gasteiger partial charge in [-0.1, -0.05) is 0 Å². The summed E-state index contributed by atoms with van der Waals surface area (Å²) in [7, 11) is 0. The van der Waals surface area contributed by atoms with Crippen molar-refractivity contribution >= 4 is 6.09 Å². The van der Waals surface area contributed by atoms with Gasteiger partial charge in [-0.05, 0) is 46.7 Å². The van der Waals surface area contributed by atoms with Crippen LogP contribution in [-0.2, 0) is 4.74 Å². The van der Waals surface area contributed by atoms with E-state index in [0.29, 0.717) is 0 Å². The zero-order valence-corrected chi connectivity index (χ0v) is 10.8. The Labute approximate surface area is 104 Å². The molecule has 4 nitrogen and oxygen atoms in total. The number of carbonyl (C=O) groups excluding carboxylic acids is 1. The SMILES string of the molecule is CC(C)(C)OC(=O)NC1(C(F)(F)F)CCNCC1. The van der Waals surface area contributed by atoms with Gasteiger partial charge in [-0.15, -0.1) is 0 Å². The van der Waals surface area contributed by atoms with E-state index < -0.39 is 23.4 Å². The summed E-state index contributed by atoms with van der Waals surface area (Å²) in [5, 5.41) is 4.84. The molecule has 1 aliphatic rings. The van der Waals surface area contributed by atoms with Gasteiger partial charge in [0.15, 0.2) is 0 Å². The Balaban J connectivity index is 2.77. The van der Waals surface area contributed by atoms with Crippen molar-refractivity contribution in [3.05, 3.63) is 0 Å². The number of nitrogens with one attached hydrogen (secondary N) is 2. The Morgan fingerprint density at radius 3 is 2.11 bits per heavy atom. The normalized spacial score (nSPS) is 20.3. The van der Waals surface area contributed by atoms with Crippen LogP contribution in [0.2, 0.25) is 0 Å². The van der Waals surface area contributed by atoms with Crippen molar-refractivity contribution in [3.8, 4) is 0 Å². The summed E-state index contributed by atoms with van der Waals surface area (Å²) in [6.07, 6.45) is -5.88. The van der Waals surface area contributed by atoms with Crippen LogP contribution in [0.1, 0.15) is 33.6 Å². The number of alkyl halides is 3. The minimum absolute atomic E-state index is 0.185. The van der Waals surface area contributed by atoms with Gasteiger partial charge in [0.25, 0.3) is 0 Å². The first-order chi connectivity index (χ1) is 8.06. The molecule has 0 spiro atoms. The predicted molar refractivity (Wildman–Crippen MR) is 60.3 cm³/mol. The van der Waals surface area contributed by atoms with E-state index in [1.54, 1.807) is 20.8 Å². The Morgan fingerprint density at radius 2 is 1.72 bits per heavy atom. The molecule has 0 aromatic carbocycles. The lowest BCUT2D eigenvalue weighted by atomic mass is 9.88. The molecule has 0 aliphatic carbocycles. The third kappa shape index (κ3) is 3.76. The molecule has 0 aromatic heterocycles. The first-order valence-corrected chi connectivity index (χ1v) is 5.84. The molecule has 106 valence electrons. The molecule has 0 radical (unpaired) electrons. The molecule has 1 heterocycles. The summed E-state index contributed by atoms with van der Waals surface area (Å²) < 4.78 is 44.2. The average molecular weight is 268 g/mol. The zero-order chi connectivity index (χ0) is 14.0. The van der Waals surface area contributed by atoms with Gasteiger partial charge in [0, 0.05) is 0 Å². The fourth-order valence-corrected chi connectivity index (χ4v) is 1.83. The van der Waals surface area contributed by atoms with Crippen molar-refractivity contribution in [3.63, 3.8) is 0 Å². The molecule has 0 aromatic rings. The number of amides is 1. The van der Waals surface area contributed by atoms with Gasteiger partial charge >= 0.3 is 12.3 Å². The number of carbonyl (C=O) groups is 1. The summed E-state index contributed by atoms with van der Waals surface area (Å²) in [5.41, 5.74) is -3.00. The molecule has 0 saturated carbocycles. The predicted octanol–water partition coefficient (Wildman–Crippen LogP) is 2.20. The minimum Gasteiger partial charge on any atom is -0.444 e. The Bertz CT molecular complexity index is 304. The van der Waals surface area contributed by atoms with E-state index in [2.05, 4.69) is 5.32 Å². The van der Waals surface area contributed by atoms with Crippen LogP contribution in [0.4, 0.5) is 18.0 Å². The molecule has 7 heteroatoms. The molecular weight excluding hydrogens is 249 g/mol. The smallest absolute Gasteiger partial charge is 0.411 e. The highest BCUT2D eigenvalue weighted by atomic mass is 19.4. The van der Waals surface area contributed by atoms with Gasteiger partial charge < -0.3 is 15.4 Å². The molecule has 0 unspecified atom stereocenters. The molecule has 0 atom stereocenters. The minimum atomic E-state index is -4.48. The van der Waals surface area contributed by atoms with Crippen LogP contribution in [0.3, 0.4) is 0 Å². The van der Waals surface area contributed by atoms with Crippen LogP contribution < -0.4 is 10.6 Å². The highest BCUT2D eigenvalue weighted by Gasteiger charge is 2.56. The Morgan fingerprint density at radius 1 is 1.22 bits per heavy atom. The lowest BCUT2D eigenvalue weighted by Gasteiger charge is -2.39. The summed E-state index contributed by atoms with van der Waals surface area (Å²) in [4.78, 5) is 11.5. The number of alkyl carbamates (subject to hydrolysis) is 1. The molecule has 1 saturated heterocycles. The van der Waals surface area contributed by atoms with E-state index >= 15 is 0 Å². The van der Waals surface area contributed by atoms with Gasteiger partial charge in [-0.3, -0.25) is 0 Å². The first kappa shape index (κ1) is 15.1. The fourth-order valence-electron chi connectivity index (χ4n) is 1.83. The maximum absolute atomic E-state index is 13.1. The summed E-state index contributed by atoms with van der Waals surface area (Å²) in [6, 6.07) is 0. The van der Waals surface area contributed by atoms with Crippen LogP contribution in [-0.4, -0.2) is 36.5 Å². The Hall–Kier alpha value is -0.980. The standard InChI is InChI=1S/C11H19F3N2O2/c1-9(2,3)18-8(17)16-10(11(12,13)14)4-6-15-7-5-10/h15H,4-7H2,1-3H3,(H,16,17). The topological polar surface area (TPSA) is 50.4 Å². The van der Waals surface area contributed by atoms with E-state index in [9.17, 15) is 18.0 Å². The van der Waals surface area contributed by atoms with Crippen LogP contribution in [0.5, 0.6) is 0 Å². The third-order valence-electron chi connectivity index (χ3n) is 2.74. The third-order valence-corrected chi connectivity index (χ3v) is 2.74. The highest BCUT2D eigenvalue weighted by Crippen LogP contribution is 2.37. The van der Waals surface area contributed by atoms with Crippen LogP contribution in [0.25, 0.3) is 0 Å². The number of rotatable bonds is 1. The maximum atomic E-state index is 13.1. The second kappa shape index (κ2) is 4.95. The summed E-state index contributed by atoms with van der Waals surface area (Å²) in [5.74, 6) is 0. The zero-order valence-electron chi connectivity index (χ0n) is 10.8. The van der Waals surface area contributed by atoms with Gasteiger partial charge in [0.05, 0.1) is 0 Å². The largest absolute Gasteiger partial charge is 0.444 e. The van der Waals surface area contributed by atoms with Crippen molar-refractivity contribution in [1.29, 1.82) is 0 Å². The van der Waals surface area contributed by atoms with Crippen LogP contribution in [0.15, 0.2) is 0 Å². The van der Waals surface area contributed by atoms with Gasteiger partial charge in [-0.2, -0.15) is 13.2 Å². The second-order valence-corrected chi connectivity index (χ2v) is 5.46. The molecular formula is C11H19F3N2O2. The van der Waals surface area contributed by atoms with Crippen molar-refractivity contribution in [1.82, 2.24) is 10.6 Å². The highest BCUT2D eigenvalue weighted by molar-refractivity contribution is 5.69. The van der Waals surface area contributed by atoms with Crippen LogP contribution in [0, 0.1) is 0 Å². The van der Waals surface area contributed by atoms with Gasteiger partial charge in [0.2, 0.25) is 0 Å².